The molecule has 1 aliphatic rings. The number of piperidine rings is 1. The van der Waals surface area contributed by atoms with Crippen molar-refractivity contribution in [2.45, 2.75) is 12.8 Å². The monoisotopic (exact) mass is 251 g/mol. The molecule has 1 aromatic rings. The molecule has 0 radical (unpaired) electrons. The van der Waals surface area contributed by atoms with Gasteiger partial charge in [-0.25, -0.2) is 4.39 Å². The van der Waals surface area contributed by atoms with Crippen LogP contribution in [0.5, 0.6) is 0 Å². The van der Waals surface area contributed by atoms with E-state index in [1.807, 2.05) is 4.90 Å². The summed E-state index contributed by atoms with van der Waals surface area (Å²) in [5.41, 5.74) is 0.961. The largest absolute Gasteiger partial charge is 0.384 e. The maximum absolute atomic E-state index is 13.9. The van der Waals surface area contributed by atoms with E-state index < -0.39 is 0 Å². The number of carbonyl (C=O) groups excluding carboxylic acids is 1. The van der Waals surface area contributed by atoms with Crippen molar-refractivity contribution in [3.05, 3.63) is 29.6 Å². The van der Waals surface area contributed by atoms with E-state index >= 15 is 0 Å². The molecule has 0 spiro atoms. The van der Waals surface area contributed by atoms with Crippen molar-refractivity contribution < 1.29 is 13.9 Å². The van der Waals surface area contributed by atoms with Gasteiger partial charge >= 0.3 is 0 Å². The first kappa shape index (κ1) is 13.0. The second-order valence-corrected chi connectivity index (χ2v) is 4.74. The topological polar surface area (TPSA) is 29.5 Å². The fraction of sp³-hybridized carbons (Fsp3) is 0.500. The summed E-state index contributed by atoms with van der Waals surface area (Å²) in [7, 11) is 1.69. The number of carbonyl (C=O) groups is 1. The zero-order valence-corrected chi connectivity index (χ0v) is 10.6. The highest BCUT2D eigenvalue weighted by Gasteiger charge is 2.21. The van der Waals surface area contributed by atoms with Crippen molar-refractivity contribution in [2.24, 2.45) is 5.92 Å². The molecule has 3 nitrogen and oxygen atoms in total. The van der Waals surface area contributed by atoms with E-state index in [1.54, 1.807) is 19.2 Å². The van der Waals surface area contributed by atoms with Crippen LogP contribution in [0.2, 0.25) is 0 Å². The lowest BCUT2D eigenvalue weighted by Gasteiger charge is -2.34. The van der Waals surface area contributed by atoms with Crippen LogP contribution in [0.25, 0.3) is 0 Å². The fourth-order valence-electron chi connectivity index (χ4n) is 2.51. The van der Waals surface area contributed by atoms with Crippen molar-refractivity contribution in [1.29, 1.82) is 0 Å². The Balaban J connectivity index is 2.13. The maximum Gasteiger partial charge on any atom is 0.150 e. The second-order valence-electron chi connectivity index (χ2n) is 4.74. The average molecular weight is 251 g/mol. The number of nitrogens with zero attached hydrogens (tertiary/aromatic N) is 1. The molecule has 0 amide bonds. The minimum absolute atomic E-state index is 0.322. The lowest BCUT2D eigenvalue weighted by Crippen LogP contribution is -2.37. The van der Waals surface area contributed by atoms with E-state index in [9.17, 15) is 9.18 Å². The summed E-state index contributed by atoms with van der Waals surface area (Å²) < 4.78 is 19.1. The molecule has 0 aliphatic carbocycles. The van der Waals surface area contributed by atoms with Gasteiger partial charge in [0.25, 0.3) is 0 Å². The summed E-state index contributed by atoms with van der Waals surface area (Å²) in [6.07, 6.45) is 2.83. The quantitative estimate of drug-likeness (QED) is 0.770. The minimum Gasteiger partial charge on any atom is -0.384 e. The van der Waals surface area contributed by atoms with Crippen LogP contribution in [-0.2, 0) is 4.74 Å². The highest BCUT2D eigenvalue weighted by molar-refractivity contribution is 5.76. The number of hydrogen-bond acceptors (Lipinski definition) is 3. The summed E-state index contributed by atoms with van der Waals surface area (Å²) in [6, 6.07) is 4.64. The molecule has 1 saturated heterocycles. The molecule has 98 valence electrons. The van der Waals surface area contributed by atoms with E-state index in [4.69, 9.17) is 4.74 Å². The van der Waals surface area contributed by atoms with Crippen molar-refractivity contribution in [3.63, 3.8) is 0 Å². The van der Waals surface area contributed by atoms with Gasteiger partial charge in [0.1, 0.15) is 12.1 Å². The fourth-order valence-corrected chi connectivity index (χ4v) is 2.51. The summed E-state index contributed by atoms with van der Waals surface area (Å²) in [4.78, 5) is 12.6. The summed E-state index contributed by atoms with van der Waals surface area (Å²) >= 11 is 0. The third-order valence-corrected chi connectivity index (χ3v) is 3.37. The number of hydrogen-bond donors (Lipinski definition) is 0. The number of rotatable bonds is 4. The van der Waals surface area contributed by atoms with Crippen molar-refractivity contribution in [2.75, 3.05) is 31.7 Å². The molecule has 2 rings (SSSR count). The van der Waals surface area contributed by atoms with Gasteiger partial charge in [-0.1, -0.05) is 0 Å². The lowest BCUT2D eigenvalue weighted by atomic mass is 9.98. The van der Waals surface area contributed by atoms with Gasteiger partial charge in [-0.15, -0.1) is 0 Å². The van der Waals surface area contributed by atoms with Gasteiger partial charge in [0, 0.05) is 25.8 Å². The first-order valence-corrected chi connectivity index (χ1v) is 6.23. The first-order valence-electron chi connectivity index (χ1n) is 6.23. The van der Waals surface area contributed by atoms with E-state index in [2.05, 4.69) is 0 Å². The summed E-state index contributed by atoms with van der Waals surface area (Å²) in [6.45, 7) is 2.38. The minimum atomic E-state index is -0.322. The lowest BCUT2D eigenvalue weighted by molar-refractivity contribution is 0.112. The van der Waals surface area contributed by atoms with Gasteiger partial charge in [0.05, 0.1) is 12.3 Å². The Labute approximate surface area is 107 Å². The van der Waals surface area contributed by atoms with E-state index in [0.717, 1.165) is 25.9 Å². The van der Waals surface area contributed by atoms with Crippen LogP contribution in [0.15, 0.2) is 18.2 Å². The molecule has 0 bridgehead atoms. The number of aldehydes is 1. The number of methoxy groups -OCH3 is 1. The smallest absolute Gasteiger partial charge is 0.150 e. The molecule has 0 aromatic heterocycles. The third-order valence-electron chi connectivity index (χ3n) is 3.37. The van der Waals surface area contributed by atoms with Gasteiger partial charge in [-0.05, 0) is 37.0 Å². The van der Waals surface area contributed by atoms with E-state index in [0.29, 0.717) is 30.1 Å². The molecular formula is C14H18FNO2. The van der Waals surface area contributed by atoms with Gasteiger partial charge in [0.15, 0.2) is 0 Å². The molecule has 1 aromatic carbocycles. The van der Waals surface area contributed by atoms with Gasteiger partial charge in [0.2, 0.25) is 0 Å². The van der Waals surface area contributed by atoms with Crippen LogP contribution in [0.1, 0.15) is 23.2 Å². The molecule has 1 fully saturated rings. The van der Waals surface area contributed by atoms with E-state index in [-0.39, 0.29) is 5.82 Å². The Bertz CT molecular complexity index is 420. The van der Waals surface area contributed by atoms with Gasteiger partial charge in [-0.2, -0.15) is 0 Å². The molecule has 0 N–H and O–H groups in total. The summed E-state index contributed by atoms with van der Waals surface area (Å²) in [5.74, 6) is 0.131. The van der Waals surface area contributed by atoms with Crippen molar-refractivity contribution >= 4 is 12.0 Å². The maximum atomic E-state index is 13.9. The normalized spacial score (nSPS) is 19.9. The SMILES string of the molecule is COCC1CCCN(c2ccc(C=O)cc2F)C1. The second kappa shape index (κ2) is 5.96. The molecule has 4 heteroatoms. The highest BCUT2D eigenvalue weighted by atomic mass is 19.1. The highest BCUT2D eigenvalue weighted by Crippen LogP contribution is 2.26. The molecular weight excluding hydrogens is 233 g/mol. The van der Waals surface area contributed by atoms with Crippen LogP contribution < -0.4 is 4.90 Å². The Morgan fingerprint density at radius 2 is 2.39 bits per heavy atom. The summed E-state index contributed by atoms with van der Waals surface area (Å²) in [5, 5.41) is 0. The van der Waals surface area contributed by atoms with Crippen molar-refractivity contribution in [3.8, 4) is 0 Å². The Kier molecular flexibility index (Phi) is 4.31. The van der Waals surface area contributed by atoms with E-state index in [1.165, 1.54) is 6.07 Å². The Hall–Kier alpha value is -1.42. The molecule has 18 heavy (non-hydrogen) atoms. The van der Waals surface area contributed by atoms with Crippen LogP contribution in [0.3, 0.4) is 0 Å². The Morgan fingerprint density at radius 3 is 3.06 bits per heavy atom. The predicted molar refractivity (Wildman–Crippen MR) is 68.6 cm³/mol. The first-order chi connectivity index (χ1) is 8.74. The van der Waals surface area contributed by atoms with Gasteiger partial charge in [-0.3, -0.25) is 4.79 Å². The zero-order valence-electron chi connectivity index (χ0n) is 10.6. The number of halogens is 1. The Morgan fingerprint density at radius 1 is 1.56 bits per heavy atom. The van der Waals surface area contributed by atoms with Gasteiger partial charge < -0.3 is 9.64 Å². The number of anilines is 1. The van der Waals surface area contributed by atoms with Crippen LogP contribution in [0, 0.1) is 11.7 Å². The zero-order chi connectivity index (χ0) is 13.0. The molecule has 0 saturated carbocycles. The molecule has 1 unspecified atom stereocenters. The molecule has 1 atom stereocenters. The number of ether oxygens (including phenoxy) is 1. The van der Waals surface area contributed by atoms with Crippen LogP contribution in [-0.4, -0.2) is 33.1 Å². The predicted octanol–water partition coefficient (Wildman–Crippen LogP) is 2.50. The molecule has 1 aliphatic heterocycles. The average Bonchev–Trinajstić information content (AvgIpc) is 2.39. The molecule has 1 heterocycles. The van der Waals surface area contributed by atoms with Crippen LogP contribution in [0.4, 0.5) is 10.1 Å². The third kappa shape index (κ3) is 2.88. The van der Waals surface area contributed by atoms with Crippen molar-refractivity contribution in [1.82, 2.24) is 0 Å². The van der Waals surface area contributed by atoms with Crippen LogP contribution >= 0.6 is 0 Å². The number of benzene rings is 1. The standard InChI is InChI=1S/C14H18FNO2/c1-18-10-12-3-2-6-16(8-12)14-5-4-11(9-17)7-13(14)15/h4-5,7,9,12H,2-3,6,8,10H2,1H3.